The number of methoxy groups -OCH3 is 1. The number of aryl methyl sites for hydroxylation is 1. The molecule has 3 saturated heterocycles. The van der Waals surface area contributed by atoms with Crippen molar-refractivity contribution in [3.8, 4) is 5.75 Å². The summed E-state index contributed by atoms with van der Waals surface area (Å²) in [7, 11) is 1.67. The van der Waals surface area contributed by atoms with Gasteiger partial charge in [0, 0.05) is 50.2 Å². The van der Waals surface area contributed by atoms with Gasteiger partial charge in [0.15, 0.2) is 0 Å². The van der Waals surface area contributed by atoms with E-state index in [1.54, 1.807) is 7.11 Å². The third kappa shape index (κ3) is 4.05. The molecule has 0 aromatic heterocycles. The Hall–Kier alpha value is -1.24. The number of thioether (sulfide) groups is 1. The van der Waals surface area contributed by atoms with Crippen molar-refractivity contribution in [1.82, 2.24) is 10.2 Å². The quantitative estimate of drug-likeness (QED) is 0.686. The molecule has 1 N–H and O–H groups in total. The molecule has 5 nitrogen and oxygen atoms in total. The predicted molar refractivity (Wildman–Crippen MR) is 113 cm³/mol. The Morgan fingerprint density at radius 2 is 2.36 bits per heavy atom. The Morgan fingerprint density at radius 3 is 3.18 bits per heavy atom. The van der Waals surface area contributed by atoms with Crippen LogP contribution in [0.5, 0.6) is 5.75 Å². The summed E-state index contributed by atoms with van der Waals surface area (Å²) in [6, 6.07) is 7.95. The summed E-state index contributed by atoms with van der Waals surface area (Å²) >= 11 is 1.91. The van der Waals surface area contributed by atoms with Gasteiger partial charge in [-0.05, 0) is 43.2 Å². The lowest BCUT2D eigenvalue weighted by Gasteiger charge is -2.29. The van der Waals surface area contributed by atoms with Gasteiger partial charge in [-0.2, -0.15) is 11.8 Å². The van der Waals surface area contributed by atoms with Crippen LogP contribution in [0, 0.1) is 11.8 Å². The molecule has 4 rings (SSSR count). The molecular formula is C22H32N2O3S. The second kappa shape index (κ2) is 8.64. The number of carbonyl (C=O) groups is 1. The van der Waals surface area contributed by atoms with Crippen LogP contribution in [0.25, 0.3) is 0 Å². The topological polar surface area (TPSA) is 50.8 Å². The molecule has 3 aliphatic rings. The Labute approximate surface area is 172 Å². The molecule has 1 amide bonds. The van der Waals surface area contributed by atoms with Gasteiger partial charge < -0.3 is 14.8 Å². The third-order valence-corrected chi connectivity index (χ3v) is 7.37. The molecule has 28 heavy (non-hydrogen) atoms. The minimum Gasteiger partial charge on any atom is -0.497 e. The van der Waals surface area contributed by atoms with E-state index in [1.807, 2.05) is 36.0 Å². The highest BCUT2D eigenvalue weighted by Gasteiger charge is 2.62. The summed E-state index contributed by atoms with van der Waals surface area (Å²) in [5, 5.41) is 3.20. The summed E-state index contributed by atoms with van der Waals surface area (Å²) < 4.78 is 11.7. The van der Waals surface area contributed by atoms with E-state index in [1.165, 1.54) is 12.2 Å². The Bertz CT molecular complexity index is 700. The SMILES string of the molecule is COc1cccc(CCC(=O)NC[C@H]2[C@H]3CN(CCSC)C[C@]34CC[C@H]2O4)c1. The fourth-order valence-electron chi connectivity index (χ4n) is 5.36. The second-order valence-corrected chi connectivity index (χ2v) is 9.40. The number of amides is 1. The van der Waals surface area contributed by atoms with Gasteiger partial charge in [-0.15, -0.1) is 0 Å². The van der Waals surface area contributed by atoms with Crippen molar-refractivity contribution in [3.63, 3.8) is 0 Å². The average molecular weight is 405 g/mol. The molecule has 3 heterocycles. The van der Waals surface area contributed by atoms with Gasteiger partial charge in [-0.3, -0.25) is 9.69 Å². The van der Waals surface area contributed by atoms with Crippen LogP contribution in [0.15, 0.2) is 24.3 Å². The van der Waals surface area contributed by atoms with E-state index in [0.717, 1.165) is 50.3 Å². The molecular weight excluding hydrogens is 372 g/mol. The van der Waals surface area contributed by atoms with Gasteiger partial charge in [0.25, 0.3) is 0 Å². The van der Waals surface area contributed by atoms with E-state index in [4.69, 9.17) is 9.47 Å². The predicted octanol–water partition coefficient (Wildman–Crippen LogP) is 2.59. The van der Waals surface area contributed by atoms with Crippen molar-refractivity contribution in [2.24, 2.45) is 11.8 Å². The molecule has 1 aromatic carbocycles. The average Bonchev–Trinajstić information content (AvgIpc) is 3.37. The maximum Gasteiger partial charge on any atom is 0.220 e. The summed E-state index contributed by atoms with van der Waals surface area (Å²) in [5.41, 5.74) is 1.20. The number of rotatable bonds is 9. The molecule has 3 fully saturated rings. The zero-order valence-electron chi connectivity index (χ0n) is 17.0. The van der Waals surface area contributed by atoms with Crippen LogP contribution in [0.1, 0.15) is 24.8 Å². The Balaban J connectivity index is 1.27. The number of hydrogen-bond donors (Lipinski definition) is 1. The third-order valence-electron chi connectivity index (χ3n) is 6.78. The number of carbonyl (C=O) groups excluding carboxylic acids is 1. The minimum absolute atomic E-state index is 0.0685. The summed E-state index contributed by atoms with van der Waals surface area (Å²) in [4.78, 5) is 15.0. The lowest BCUT2D eigenvalue weighted by atomic mass is 9.73. The first-order chi connectivity index (χ1) is 13.6. The van der Waals surface area contributed by atoms with Crippen LogP contribution in [-0.2, 0) is 16.0 Å². The standard InChI is InChI=1S/C22H32N2O3S/c1-26-17-5-3-4-16(12-17)6-7-21(25)23-13-18-19-14-24(10-11-28-2)15-22(19)9-8-20(18)27-22/h3-5,12,18-20H,6-11,13-15H2,1-2H3,(H,23,25)/t18-,19+,20+,22+/m0/s1. The van der Waals surface area contributed by atoms with Crippen molar-refractivity contribution in [3.05, 3.63) is 29.8 Å². The molecule has 1 aromatic rings. The lowest BCUT2D eigenvalue weighted by Crippen LogP contribution is -2.41. The van der Waals surface area contributed by atoms with Crippen molar-refractivity contribution < 1.29 is 14.3 Å². The highest BCUT2D eigenvalue weighted by molar-refractivity contribution is 7.98. The summed E-state index contributed by atoms with van der Waals surface area (Å²) in [6.07, 6.45) is 6.10. The molecule has 1 spiro atoms. The zero-order valence-corrected chi connectivity index (χ0v) is 17.8. The summed E-state index contributed by atoms with van der Waals surface area (Å²) in [5.74, 6) is 3.20. The van der Waals surface area contributed by atoms with Crippen LogP contribution in [-0.4, -0.2) is 67.8 Å². The number of nitrogens with one attached hydrogen (secondary N) is 1. The van der Waals surface area contributed by atoms with Crippen molar-refractivity contribution in [2.45, 2.75) is 37.4 Å². The van der Waals surface area contributed by atoms with Crippen LogP contribution >= 0.6 is 11.8 Å². The number of hydrogen-bond acceptors (Lipinski definition) is 5. The van der Waals surface area contributed by atoms with Crippen LogP contribution in [0.3, 0.4) is 0 Å². The van der Waals surface area contributed by atoms with Crippen LogP contribution in [0.2, 0.25) is 0 Å². The van der Waals surface area contributed by atoms with Crippen LogP contribution < -0.4 is 10.1 Å². The van der Waals surface area contributed by atoms with Gasteiger partial charge in [0.2, 0.25) is 5.91 Å². The van der Waals surface area contributed by atoms with Gasteiger partial charge in [0.05, 0.1) is 18.8 Å². The molecule has 0 unspecified atom stereocenters. The molecule has 3 aliphatic heterocycles. The smallest absolute Gasteiger partial charge is 0.220 e. The largest absolute Gasteiger partial charge is 0.497 e. The minimum atomic E-state index is 0.0685. The van der Waals surface area contributed by atoms with E-state index < -0.39 is 0 Å². The van der Waals surface area contributed by atoms with Crippen molar-refractivity contribution in [1.29, 1.82) is 0 Å². The van der Waals surface area contributed by atoms with E-state index in [0.29, 0.717) is 24.4 Å². The molecule has 2 bridgehead atoms. The number of benzene rings is 1. The molecule has 0 radical (unpaired) electrons. The molecule has 6 heteroatoms. The monoisotopic (exact) mass is 404 g/mol. The second-order valence-electron chi connectivity index (χ2n) is 8.41. The first kappa shape index (κ1) is 20.0. The number of likely N-dealkylation sites (tertiary alicyclic amines) is 1. The first-order valence-electron chi connectivity index (χ1n) is 10.4. The fourth-order valence-corrected chi connectivity index (χ4v) is 5.80. The Morgan fingerprint density at radius 1 is 1.46 bits per heavy atom. The van der Waals surface area contributed by atoms with Crippen molar-refractivity contribution >= 4 is 17.7 Å². The molecule has 0 aliphatic carbocycles. The van der Waals surface area contributed by atoms with E-state index in [-0.39, 0.29) is 11.5 Å². The van der Waals surface area contributed by atoms with Gasteiger partial charge in [-0.25, -0.2) is 0 Å². The van der Waals surface area contributed by atoms with Crippen LogP contribution in [0.4, 0.5) is 0 Å². The van der Waals surface area contributed by atoms with E-state index in [2.05, 4.69) is 16.5 Å². The highest BCUT2D eigenvalue weighted by atomic mass is 32.2. The number of ether oxygens (including phenoxy) is 2. The van der Waals surface area contributed by atoms with Gasteiger partial charge in [0.1, 0.15) is 5.75 Å². The molecule has 0 saturated carbocycles. The Kier molecular flexibility index (Phi) is 6.18. The zero-order chi connectivity index (χ0) is 19.6. The normalized spacial score (nSPS) is 31.1. The highest BCUT2D eigenvalue weighted by Crippen LogP contribution is 2.54. The van der Waals surface area contributed by atoms with Gasteiger partial charge in [-0.1, -0.05) is 12.1 Å². The lowest BCUT2D eigenvalue weighted by molar-refractivity contribution is -0.121. The first-order valence-corrected chi connectivity index (χ1v) is 11.8. The number of nitrogens with zero attached hydrogens (tertiary/aromatic N) is 1. The molecule has 154 valence electrons. The number of fused-ring (bicyclic) bond motifs is 1. The maximum absolute atomic E-state index is 12.4. The molecule has 4 atom stereocenters. The fraction of sp³-hybridized carbons (Fsp3) is 0.682. The van der Waals surface area contributed by atoms with Crippen molar-refractivity contribution in [2.75, 3.05) is 45.3 Å². The summed E-state index contributed by atoms with van der Waals surface area (Å²) in [6.45, 7) is 4.11. The van der Waals surface area contributed by atoms with Gasteiger partial charge >= 0.3 is 0 Å². The van der Waals surface area contributed by atoms with E-state index in [9.17, 15) is 4.79 Å². The maximum atomic E-state index is 12.4. The van der Waals surface area contributed by atoms with E-state index >= 15 is 0 Å².